The second-order valence-corrected chi connectivity index (χ2v) is 32.9. The van der Waals surface area contributed by atoms with E-state index >= 15 is 4.79 Å². The molecular weight excluding hydrogens is 1140 g/mol. The molecule has 6 atom stereocenters. The van der Waals surface area contributed by atoms with Gasteiger partial charge in [-0.05, 0) is 174 Å². The van der Waals surface area contributed by atoms with Crippen molar-refractivity contribution in [2.45, 2.75) is 458 Å². The lowest BCUT2D eigenvalue weighted by Gasteiger charge is -2.67. The van der Waals surface area contributed by atoms with Crippen LogP contribution in [0.3, 0.4) is 0 Å². The SMILES string of the molecule is CCCCCCCCCCCCCCCCC1(C)CCc2c3c(c(C)c(C)c2O1)O[C@]12O[C@](C)(CCCCCCCCCCCCCCCC)CC[C@]1(C3)[C@@]1(CCc3c4c(c(C)c(C)c3O1)OC(C)(CCCCCCCCCCCCCCCC)CC4)C(=O)C(C)=C2C. The summed E-state index contributed by atoms with van der Waals surface area (Å²) in [5, 5.41) is 0. The van der Waals surface area contributed by atoms with Crippen molar-refractivity contribution < 1.29 is 28.5 Å². The molecule has 0 radical (unpaired) electrons. The van der Waals surface area contributed by atoms with E-state index in [1.165, 1.54) is 297 Å². The maximum Gasteiger partial charge on any atom is 0.244 e. The minimum Gasteiger partial charge on any atom is -0.487 e. The highest BCUT2D eigenvalue weighted by atomic mass is 16.7. The Morgan fingerprint density at radius 3 is 0.957 bits per heavy atom. The number of unbranched alkanes of at least 4 members (excludes halogenated alkanes) is 39. The van der Waals surface area contributed by atoms with Gasteiger partial charge < -0.3 is 23.7 Å². The molecule has 1 fully saturated rings. The van der Waals surface area contributed by atoms with Crippen LogP contribution in [0.5, 0.6) is 23.0 Å². The molecule has 0 bridgehead atoms. The number of rotatable bonds is 45. The number of ketones is 1. The summed E-state index contributed by atoms with van der Waals surface area (Å²) in [6.07, 6.45) is 68.1. The van der Waals surface area contributed by atoms with Crippen molar-refractivity contribution in [1.82, 2.24) is 0 Å². The average Bonchev–Trinajstić information content (AvgIpc) is 0.657. The molecule has 2 aromatic carbocycles. The molecule has 2 aromatic rings. The van der Waals surface area contributed by atoms with Crippen molar-refractivity contribution in [3.8, 4) is 23.0 Å². The van der Waals surface area contributed by atoms with E-state index in [0.29, 0.717) is 12.8 Å². The monoisotopic (exact) mass is 1290 g/mol. The highest BCUT2D eigenvalue weighted by Gasteiger charge is 2.78. The van der Waals surface area contributed by atoms with E-state index in [1.54, 1.807) is 0 Å². The van der Waals surface area contributed by atoms with Gasteiger partial charge in [-0.2, -0.15) is 0 Å². The number of carbonyl (C=O) groups excluding carboxylic acids is 1. The molecule has 5 heterocycles. The van der Waals surface area contributed by atoms with Gasteiger partial charge in [0.2, 0.25) is 11.6 Å². The van der Waals surface area contributed by atoms with Crippen molar-refractivity contribution in [2.75, 3.05) is 0 Å². The van der Waals surface area contributed by atoms with E-state index < -0.39 is 22.4 Å². The highest BCUT2D eigenvalue weighted by Crippen LogP contribution is 2.69. The molecule has 1 aliphatic carbocycles. The molecule has 528 valence electrons. The van der Waals surface area contributed by atoms with Crippen LogP contribution in [0.1, 0.15) is 421 Å². The summed E-state index contributed by atoms with van der Waals surface area (Å²) in [6.45, 7) is 27.3. The molecule has 6 aliphatic rings. The van der Waals surface area contributed by atoms with Gasteiger partial charge in [-0.3, -0.25) is 4.79 Å². The van der Waals surface area contributed by atoms with E-state index in [-0.39, 0.29) is 17.0 Å². The van der Waals surface area contributed by atoms with Gasteiger partial charge in [0, 0.05) is 33.4 Å². The van der Waals surface area contributed by atoms with Gasteiger partial charge in [-0.1, -0.05) is 278 Å². The van der Waals surface area contributed by atoms with E-state index in [2.05, 4.69) is 83.1 Å². The first-order valence-electron chi connectivity index (χ1n) is 41.0. The molecule has 1 spiro atoms. The van der Waals surface area contributed by atoms with E-state index in [0.717, 1.165) is 116 Å². The van der Waals surface area contributed by atoms with Gasteiger partial charge in [0.1, 0.15) is 34.2 Å². The first kappa shape index (κ1) is 75.8. The Bertz CT molecular complexity index is 2660. The smallest absolute Gasteiger partial charge is 0.244 e. The van der Waals surface area contributed by atoms with Crippen LogP contribution >= 0.6 is 0 Å². The zero-order chi connectivity index (χ0) is 66.4. The van der Waals surface area contributed by atoms with Crippen LogP contribution in [0.2, 0.25) is 0 Å². The van der Waals surface area contributed by atoms with Crippen LogP contribution in [0, 0.1) is 33.1 Å². The third-order valence-electron chi connectivity index (χ3n) is 25.4. The second kappa shape index (κ2) is 36.7. The first-order valence-corrected chi connectivity index (χ1v) is 41.0. The molecule has 0 aromatic heterocycles. The molecule has 1 saturated heterocycles. The number of Topliss-reactive ketones (excluding diaryl/α,β-unsaturated/α-hetero) is 1. The Balaban J connectivity index is 0.977. The van der Waals surface area contributed by atoms with Crippen molar-refractivity contribution >= 4 is 5.78 Å². The summed E-state index contributed by atoms with van der Waals surface area (Å²) in [5.41, 5.74) is 8.61. The molecule has 93 heavy (non-hydrogen) atoms. The first-order chi connectivity index (χ1) is 45.0. The number of benzene rings is 2. The van der Waals surface area contributed by atoms with Crippen LogP contribution in [-0.2, 0) is 35.2 Å². The topological polar surface area (TPSA) is 63.2 Å². The Morgan fingerprint density at radius 1 is 0.312 bits per heavy atom. The Labute approximate surface area is 573 Å². The fourth-order valence-electron chi connectivity index (χ4n) is 18.6. The maximum atomic E-state index is 16.2. The number of fused-ring (bicyclic) bond motifs is 6. The lowest BCUT2D eigenvalue weighted by atomic mass is 9.48. The summed E-state index contributed by atoms with van der Waals surface area (Å²) in [4.78, 5) is 16.2. The van der Waals surface area contributed by atoms with Crippen LogP contribution < -0.4 is 18.9 Å². The molecule has 2 unspecified atom stereocenters. The maximum absolute atomic E-state index is 16.2. The minimum absolute atomic E-state index is 0.133. The summed E-state index contributed by atoms with van der Waals surface area (Å²) in [7, 11) is 0. The van der Waals surface area contributed by atoms with Crippen LogP contribution in [0.15, 0.2) is 11.1 Å². The van der Waals surface area contributed by atoms with Gasteiger partial charge in [-0.25, -0.2) is 0 Å². The lowest BCUT2D eigenvalue weighted by Crippen LogP contribution is -2.79. The molecule has 5 aliphatic heterocycles. The molecule has 6 nitrogen and oxygen atoms in total. The third-order valence-corrected chi connectivity index (χ3v) is 25.4. The lowest BCUT2D eigenvalue weighted by molar-refractivity contribution is -0.350. The van der Waals surface area contributed by atoms with E-state index in [9.17, 15) is 0 Å². The molecular formula is C87H144O6. The molecule has 6 heteroatoms. The van der Waals surface area contributed by atoms with Crippen LogP contribution in [0.4, 0.5) is 0 Å². The van der Waals surface area contributed by atoms with Gasteiger partial charge in [0.05, 0.1) is 11.0 Å². The summed E-state index contributed by atoms with van der Waals surface area (Å²) in [5.74, 6) is 2.99. The van der Waals surface area contributed by atoms with Crippen LogP contribution in [0.25, 0.3) is 0 Å². The second-order valence-electron chi connectivity index (χ2n) is 32.9. The summed E-state index contributed by atoms with van der Waals surface area (Å²) in [6, 6.07) is 0. The fraction of sp³-hybridized carbons (Fsp3) is 0.828. The highest BCUT2D eigenvalue weighted by molar-refractivity contribution is 6.05. The number of carbonyl (C=O) groups is 1. The predicted octanol–water partition coefficient (Wildman–Crippen LogP) is 26.6. The number of hydrogen-bond donors (Lipinski definition) is 0. The van der Waals surface area contributed by atoms with E-state index in [4.69, 9.17) is 23.7 Å². The summed E-state index contributed by atoms with van der Waals surface area (Å²) < 4.78 is 38.8. The zero-order valence-corrected chi connectivity index (χ0v) is 63.1. The molecule has 0 saturated carbocycles. The molecule has 8 rings (SSSR count). The van der Waals surface area contributed by atoms with Crippen molar-refractivity contribution in [3.05, 3.63) is 55.7 Å². The largest absolute Gasteiger partial charge is 0.487 e. The average molecular weight is 1290 g/mol. The third kappa shape index (κ3) is 18.7. The fourth-order valence-corrected chi connectivity index (χ4v) is 18.6. The molecule has 0 N–H and O–H groups in total. The predicted molar refractivity (Wildman–Crippen MR) is 395 cm³/mol. The number of ether oxygens (including phenoxy) is 5. The van der Waals surface area contributed by atoms with Gasteiger partial charge in [0.25, 0.3) is 0 Å². The van der Waals surface area contributed by atoms with Gasteiger partial charge >= 0.3 is 0 Å². The normalized spacial score (nSPS) is 25.4. The van der Waals surface area contributed by atoms with Crippen molar-refractivity contribution in [1.29, 1.82) is 0 Å². The van der Waals surface area contributed by atoms with Gasteiger partial charge in [-0.15, -0.1) is 0 Å². The van der Waals surface area contributed by atoms with Crippen molar-refractivity contribution in [2.24, 2.45) is 5.41 Å². The van der Waals surface area contributed by atoms with Crippen molar-refractivity contribution in [3.63, 3.8) is 0 Å². The molecule has 0 amide bonds. The number of hydrogen-bond acceptors (Lipinski definition) is 6. The summed E-state index contributed by atoms with van der Waals surface area (Å²) >= 11 is 0. The Hall–Kier alpha value is -2.99. The quantitative estimate of drug-likeness (QED) is 0.0616. The zero-order valence-electron chi connectivity index (χ0n) is 63.1. The minimum atomic E-state index is -1.19. The van der Waals surface area contributed by atoms with Gasteiger partial charge in [0.15, 0.2) is 5.60 Å². The van der Waals surface area contributed by atoms with Crippen LogP contribution in [-0.4, -0.2) is 34.0 Å². The Kier molecular flexibility index (Phi) is 29.9. The van der Waals surface area contributed by atoms with E-state index in [1.807, 2.05) is 0 Å². The standard InChI is InChI=1S/C87H144O6/c1-13-16-19-22-25-28-31-34-37-40-43-46-49-52-58-82(10)61-55-73-74-57-63-86(91-79(74)69(6)67(4)77(73)89-82)81(88)71(8)72(9)87-85(86,65-64-84(12,93-87)60-54-51-48-45-42-39-36-33-30-27-24-21-18-15-3)66-76-75-56-62-83(11,90-78(75)68(5)70(7)80(76)92-87)59-53-50-47-44-41-38-35-32-29-26-23-20-17-14-2/h13-66H2,1-12H3/t82?,83?,84-,85+,86-,87-/m1/s1. The Morgan fingerprint density at radius 2 is 0.602 bits per heavy atom.